The smallest absolute Gasteiger partial charge is 0.224 e. The molecule has 1 aromatic heterocycles. The van der Waals surface area contributed by atoms with Crippen molar-refractivity contribution < 1.29 is 4.79 Å². The largest absolute Gasteiger partial charge is 0.334 e. The van der Waals surface area contributed by atoms with E-state index in [-0.39, 0.29) is 0 Å². The van der Waals surface area contributed by atoms with Crippen LogP contribution in [0.15, 0.2) is 48.8 Å². The normalized spacial score (nSPS) is 23.7. The summed E-state index contributed by atoms with van der Waals surface area (Å²) >= 11 is 0. The van der Waals surface area contributed by atoms with E-state index >= 15 is 0 Å². The maximum Gasteiger partial charge on any atom is 0.224 e. The molecule has 2 fully saturated rings. The second kappa shape index (κ2) is 6.36. The number of hydrogen-bond donors (Lipinski definition) is 0. The highest BCUT2D eigenvalue weighted by Gasteiger charge is 2.46. The Hall–Kier alpha value is -2.20. The Kier molecular flexibility index (Phi) is 4.07. The van der Waals surface area contributed by atoms with Gasteiger partial charge in [0.05, 0.1) is 0 Å². The third kappa shape index (κ3) is 2.82. The number of pyridine rings is 1. The molecule has 0 spiro atoms. The van der Waals surface area contributed by atoms with Crippen LogP contribution in [-0.4, -0.2) is 39.3 Å². The van der Waals surface area contributed by atoms with Gasteiger partial charge in [0.15, 0.2) is 0 Å². The van der Waals surface area contributed by atoms with Crippen LogP contribution in [-0.2, 0) is 17.9 Å². The molecule has 2 aliphatic rings. The minimum Gasteiger partial charge on any atom is -0.334 e. The Balaban J connectivity index is 1.48. The molecule has 0 radical (unpaired) electrons. The van der Waals surface area contributed by atoms with Gasteiger partial charge in [-0.05, 0) is 42.2 Å². The number of hydrogen-bond acceptors (Lipinski definition) is 3. The van der Waals surface area contributed by atoms with Crippen LogP contribution >= 0.6 is 0 Å². The topological polar surface area (TPSA) is 36.4 Å². The van der Waals surface area contributed by atoms with Crippen molar-refractivity contribution in [1.29, 1.82) is 0 Å². The molecule has 4 nitrogen and oxygen atoms in total. The number of likely N-dealkylation sites (tertiary alicyclic amines) is 2. The molecule has 124 valence electrons. The number of amides is 1. The van der Waals surface area contributed by atoms with Crippen molar-refractivity contribution in [3.8, 4) is 0 Å². The van der Waals surface area contributed by atoms with Gasteiger partial charge in [0.1, 0.15) is 0 Å². The van der Waals surface area contributed by atoms with Crippen molar-refractivity contribution in [2.24, 2.45) is 0 Å². The second-order valence-electron chi connectivity index (χ2n) is 6.90. The van der Waals surface area contributed by atoms with E-state index in [2.05, 4.69) is 58.1 Å². The van der Waals surface area contributed by atoms with E-state index < -0.39 is 0 Å². The quantitative estimate of drug-likeness (QED) is 0.869. The summed E-state index contributed by atoms with van der Waals surface area (Å²) in [6, 6.07) is 13.2. The van der Waals surface area contributed by atoms with Gasteiger partial charge in [-0.2, -0.15) is 0 Å². The highest BCUT2D eigenvalue weighted by molar-refractivity contribution is 5.80. The van der Waals surface area contributed by atoms with Crippen LogP contribution in [0.25, 0.3) is 0 Å². The average molecular weight is 321 g/mol. The molecule has 3 heterocycles. The second-order valence-corrected chi connectivity index (χ2v) is 6.90. The third-order valence-electron chi connectivity index (χ3n) is 5.47. The average Bonchev–Trinajstić information content (AvgIpc) is 3.11. The highest BCUT2D eigenvalue weighted by Crippen LogP contribution is 2.34. The van der Waals surface area contributed by atoms with Crippen molar-refractivity contribution in [3.63, 3.8) is 0 Å². The molecule has 2 aromatic rings. The van der Waals surface area contributed by atoms with Crippen LogP contribution < -0.4 is 0 Å². The summed E-state index contributed by atoms with van der Waals surface area (Å²) in [5, 5.41) is 0. The van der Waals surface area contributed by atoms with Crippen molar-refractivity contribution in [2.75, 3.05) is 6.54 Å². The van der Waals surface area contributed by atoms with E-state index in [1.54, 1.807) is 0 Å². The van der Waals surface area contributed by atoms with Crippen LogP contribution in [0.2, 0.25) is 0 Å². The van der Waals surface area contributed by atoms with Gasteiger partial charge in [-0.15, -0.1) is 0 Å². The van der Waals surface area contributed by atoms with Gasteiger partial charge >= 0.3 is 0 Å². The Morgan fingerprint density at radius 3 is 2.67 bits per heavy atom. The molecule has 0 N–H and O–H groups in total. The number of carbonyl (C=O) groups excluding carboxylic acids is 1. The number of rotatable bonds is 4. The zero-order valence-electron chi connectivity index (χ0n) is 14.1. The fourth-order valence-electron chi connectivity index (χ4n) is 4.10. The number of fused-ring (bicyclic) bond motifs is 1. The highest BCUT2D eigenvalue weighted by atomic mass is 16.2. The van der Waals surface area contributed by atoms with Gasteiger partial charge in [0.25, 0.3) is 0 Å². The number of aromatic nitrogens is 1. The molecule has 0 aliphatic carbocycles. The van der Waals surface area contributed by atoms with Crippen molar-refractivity contribution >= 4 is 5.91 Å². The van der Waals surface area contributed by atoms with Gasteiger partial charge in [-0.25, -0.2) is 0 Å². The third-order valence-corrected chi connectivity index (χ3v) is 5.47. The first kappa shape index (κ1) is 15.3. The Bertz CT molecular complexity index is 731. The Morgan fingerprint density at radius 1 is 1.08 bits per heavy atom. The summed E-state index contributed by atoms with van der Waals surface area (Å²) < 4.78 is 0. The molecule has 1 amide bonds. The van der Waals surface area contributed by atoms with Crippen LogP contribution in [0.5, 0.6) is 0 Å². The van der Waals surface area contributed by atoms with E-state index in [1.165, 1.54) is 16.7 Å². The standard InChI is InChI=1S/C20H23N3O/c1-15-4-2-3-5-17(15)14-23-18-8-11-22(19(18)12-20(23)24)13-16-6-9-21-10-7-16/h2-7,9-10,18-19H,8,11-14H2,1H3/t18-,19-/m0/s1. The van der Waals surface area contributed by atoms with Gasteiger partial charge in [-0.1, -0.05) is 24.3 Å². The molecule has 0 saturated carbocycles. The number of benzene rings is 1. The SMILES string of the molecule is Cc1ccccc1CN1C(=O)C[C@H]2[C@@H]1CCN2Cc1ccncc1. The summed E-state index contributed by atoms with van der Waals surface area (Å²) in [4.78, 5) is 21.3. The van der Waals surface area contributed by atoms with Gasteiger partial charge in [0.2, 0.25) is 5.91 Å². The predicted octanol–water partition coefficient (Wildman–Crippen LogP) is 2.77. The minimum absolute atomic E-state index is 0.299. The maximum atomic E-state index is 12.6. The summed E-state index contributed by atoms with van der Waals surface area (Å²) in [6.07, 6.45) is 5.41. The van der Waals surface area contributed by atoms with Gasteiger partial charge in [-0.3, -0.25) is 14.7 Å². The lowest BCUT2D eigenvalue weighted by Crippen LogP contribution is -2.36. The number of carbonyl (C=O) groups is 1. The molecular weight excluding hydrogens is 298 g/mol. The fourth-order valence-corrected chi connectivity index (χ4v) is 4.10. The predicted molar refractivity (Wildman–Crippen MR) is 93.2 cm³/mol. The summed E-state index contributed by atoms with van der Waals surface area (Å²) in [5.41, 5.74) is 3.80. The van der Waals surface area contributed by atoms with Crippen LogP contribution in [0.1, 0.15) is 29.5 Å². The van der Waals surface area contributed by atoms with E-state index in [9.17, 15) is 4.79 Å². The lowest BCUT2D eigenvalue weighted by Gasteiger charge is -2.26. The molecule has 24 heavy (non-hydrogen) atoms. The molecule has 4 heteroatoms. The molecule has 4 rings (SSSR count). The monoisotopic (exact) mass is 321 g/mol. The van der Waals surface area contributed by atoms with Crippen molar-refractivity contribution in [1.82, 2.24) is 14.8 Å². The first-order valence-electron chi connectivity index (χ1n) is 8.69. The zero-order chi connectivity index (χ0) is 16.5. The Labute approximate surface area is 143 Å². The summed E-state index contributed by atoms with van der Waals surface area (Å²) in [7, 11) is 0. The van der Waals surface area contributed by atoms with E-state index in [0.717, 1.165) is 26.1 Å². The lowest BCUT2D eigenvalue weighted by molar-refractivity contribution is -0.129. The van der Waals surface area contributed by atoms with Crippen molar-refractivity contribution in [3.05, 3.63) is 65.5 Å². The molecular formula is C20H23N3O. The number of nitrogens with zero attached hydrogens (tertiary/aromatic N) is 3. The summed E-state index contributed by atoms with van der Waals surface area (Å²) in [6.45, 7) is 4.85. The van der Waals surface area contributed by atoms with Crippen LogP contribution in [0, 0.1) is 6.92 Å². The van der Waals surface area contributed by atoms with Crippen molar-refractivity contribution in [2.45, 2.75) is 44.9 Å². The molecule has 2 saturated heterocycles. The molecule has 0 bridgehead atoms. The van der Waals surface area contributed by atoms with E-state index in [1.807, 2.05) is 12.4 Å². The Morgan fingerprint density at radius 2 is 1.88 bits per heavy atom. The minimum atomic E-state index is 0.299. The number of aryl methyl sites for hydroxylation is 1. The molecule has 0 unspecified atom stereocenters. The lowest BCUT2D eigenvalue weighted by atomic mass is 10.1. The maximum absolute atomic E-state index is 12.6. The van der Waals surface area contributed by atoms with Crippen LogP contribution in [0.3, 0.4) is 0 Å². The molecule has 1 aromatic carbocycles. The first-order chi connectivity index (χ1) is 11.7. The zero-order valence-corrected chi connectivity index (χ0v) is 14.1. The van der Waals surface area contributed by atoms with Gasteiger partial charge < -0.3 is 4.90 Å². The van der Waals surface area contributed by atoms with Gasteiger partial charge in [0, 0.05) is 50.5 Å². The molecule has 2 aliphatic heterocycles. The van der Waals surface area contributed by atoms with E-state index in [0.29, 0.717) is 24.4 Å². The molecule has 2 atom stereocenters. The fraction of sp³-hybridized carbons (Fsp3) is 0.400. The van der Waals surface area contributed by atoms with Crippen LogP contribution in [0.4, 0.5) is 0 Å². The first-order valence-corrected chi connectivity index (χ1v) is 8.69. The summed E-state index contributed by atoms with van der Waals surface area (Å²) in [5.74, 6) is 0.299. The van der Waals surface area contributed by atoms with E-state index in [4.69, 9.17) is 0 Å².